The van der Waals surface area contributed by atoms with E-state index in [1.165, 1.54) is 0 Å². The van der Waals surface area contributed by atoms with Crippen molar-refractivity contribution < 1.29 is 14.3 Å². The highest BCUT2D eigenvalue weighted by atomic mass is 16.6. The Morgan fingerprint density at radius 2 is 1.61 bits per heavy atom. The number of pyridine rings is 2. The predicted molar refractivity (Wildman–Crippen MR) is 180 cm³/mol. The molecule has 0 N–H and O–H groups in total. The highest BCUT2D eigenvalue weighted by Crippen LogP contribution is 2.28. The van der Waals surface area contributed by atoms with E-state index in [-0.39, 0.29) is 6.09 Å². The molecular formula is C35H38N8O3. The molecule has 0 spiro atoms. The molecular weight excluding hydrogens is 580 g/mol. The molecule has 2 aliphatic rings. The lowest BCUT2D eigenvalue weighted by Crippen LogP contribution is -2.50. The molecule has 2 saturated heterocycles. The van der Waals surface area contributed by atoms with Crippen molar-refractivity contribution in [2.24, 2.45) is 0 Å². The van der Waals surface area contributed by atoms with Gasteiger partial charge in [-0.1, -0.05) is 24.3 Å². The van der Waals surface area contributed by atoms with Gasteiger partial charge in [0.05, 0.1) is 42.0 Å². The lowest BCUT2D eigenvalue weighted by atomic mass is 10.2. The van der Waals surface area contributed by atoms with Crippen molar-refractivity contribution in [3.63, 3.8) is 0 Å². The maximum Gasteiger partial charge on any atom is 0.410 e. The Kier molecular flexibility index (Phi) is 8.00. The van der Waals surface area contributed by atoms with Gasteiger partial charge >= 0.3 is 6.09 Å². The van der Waals surface area contributed by atoms with Crippen LogP contribution in [0.3, 0.4) is 0 Å². The Bertz CT molecular complexity index is 1880. The Morgan fingerprint density at radius 1 is 0.826 bits per heavy atom. The third kappa shape index (κ3) is 6.36. The number of ether oxygens (including phenoxy) is 2. The molecule has 11 heteroatoms. The summed E-state index contributed by atoms with van der Waals surface area (Å²) in [5.41, 5.74) is 4.76. The van der Waals surface area contributed by atoms with Crippen LogP contribution in [0.4, 0.5) is 16.4 Å². The van der Waals surface area contributed by atoms with Crippen molar-refractivity contribution in [1.29, 1.82) is 0 Å². The van der Waals surface area contributed by atoms with E-state index in [4.69, 9.17) is 29.4 Å². The molecule has 1 aromatic carbocycles. The number of anilines is 2. The largest absolute Gasteiger partial charge is 0.444 e. The first-order chi connectivity index (χ1) is 22.3. The van der Waals surface area contributed by atoms with Crippen LogP contribution in [0.5, 0.6) is 0 Å². The van der Waals surface area contributed by atoms with Crippen LogP contribution in [-0.2, 0) is 9.47 Å². The van der Waals surface area contributed by atoms with Gasteiger partial charge in [-0.05, 0) is 57.2 Å². The van der Waals surface area contributed by atoms with E-state index in [0.29, 0.717) is 39.4 Å². The minimum atomic E-state index is -0.507. The Balaban J connectivity index is 1.14. The minimum Gasteiger partial charge on any atom is -0.444 e. The number of benzene rings is 1. The number of morpholine rings is 1. The van der Waals surface area contributed by atoms with Crippen LogP contribution >= 0.6 is 0 Å². The van der Waals surface area contributed by atoms with E-state index < -0.39 is 5.60 Å². The van der Waals surface area contributed by atoms with Crippen molar-refractivity contribution in [3.05, 3.63) is 78.5 Å². The van der Waals surface area contributed by atoms with E-state index in [1.54, 1.807) is 4.90 Å². The number of fused-ring (bicyclic) bond motifs is 2. The summed E-state index contributed by atoms with van der Waals surface area (Å²) in [4.78, 5) is 38.2. The predicted octanol–water partition coefficient (Wildman–Crippen LogP) is 5.40. The van der Waals surface area contributed by atoms with E-state index in [0.717, 1.165) is 63.9 Å². The van der Waals surface area contributed by atoms with E-state index in [1.807, 2.05) is 81.8 Å². The average molecular weight is 619 g/mol. The lowest BCUT2D eigenvalue weighted by molar-refractivity contribution is 0.0240. The number of carbonyl (C=O) groups excluding carboxylic acids is 1. The number of rotatable bonds is 5. The quantitative estimate of drug-likeness (QED) is 0.256. The number of carbonyl (C=O) groups is 1. The van der Waals surface area contributed by atoms with Crippen LogP contribution in [-0.4, -0.2) is 93.4 Å². The van der Waals surface area contributed by atoms with Crippen LogP contribution in [0, 0.1) is 0 Å². The molecule has 0 atom stereocenters. The molecule has 2 fully saturated rings. The zero-order chi connectivity index (χ0) is 31.7. The third-order valence-electron chi connectivity index (χ3n) is 8.15. The average Bonchev–Trinajstić information content (AvgIpc) is 3.51. The molecule has 5 aromatic rings. The molecule has 0 aliphatic carbocycles. The summed E-state index contributed by atoms with van der Waals surface area (Å²) in [5.74, 6) is 1.71. The number of amides is 1. The van der Waals surface area contributed by atoms with E-state index in [2.05, 4.69) is 32.4 Å². The second-order valence-corrected chi connectivity index (χ2v) is 12.5. The highest BCUT2D eigenvalue weighted by Gasteiger charge is 2.26. The smallest absolute Gasteiger partial charge is 0.410 e. The zero-order valence-electron chi connectivity index (χ0n) is 26.5. The van der Waals surface area contributed by atoms with Gasteiger partial charge in [-0.25, -0.2) is 24.7 Å². The number of hydrogen-bond donors (Lipinski definition) is 0. The summed E-state index contributed by atoms with van der Waals surface area (Å²) in [6.45, 7) is 11.1. The molecule has 0 bridgehead atoms. The third-order valence-corrected chi connectivity index (χ3v) is 8.15. The first-order valence-electron chi connectivity index (χ1n) is 15.7. The number of hydrogen-bond acceptors (Lipinski definition) is 9. The Hall–Kier alpha value is -5.03. The number of nitrogens with zero attached hydrogens (tertiary/aromatic N) is 8. The van der Waals surface area contributed by atoms with Gasteiger partial charge in [0, 0.05) is 62.6 Å². The normalized spacial score (nSPS) is 16.1. The summed E-state index contributed by atoms with van der Waals surface area (Å²) in [6, 6.07) is 16.3. The molecule has 0 saturated carbocycles. The van der Waals surface area contributed by atoms with Crippen LogP contribution in [0.15, 0.2) is 67.1 Å². The Labute approximate surface area is 268 Å². The van der Waals surface area contributed by atoms with Crippen LogP contribution in [0.25, 0.3) is 40.0 Å². The van der Waals surface area contributed by atoms with E-state index in [9.17, 15) is 4.79 Å². The molecule has 1 amide bonds. The molecule has 46 heavy (non-hydrogen) atoms. The molecule has 11 nitrogen and oxygen atoms in total. The van der Waals surface area contributed by atoms with E-state index >= 15 is 0 Å². The number of piperazine rings is 1. The van der Waals surface area contributed by atoms with Crippen molar-refractivity contribution in [1.82, 2.24) is 29.2 Å². The van der Waals surface area contributed by atoms with Gasteiger partial charge < -0.3 is 24.2 Å². The van der Waals surface area contributed by atoms with Gasteiger partial charge in [0.1, 0.15) is 11.4 Å². The summed E-state index contributed by atoms with van der Waals surface area (Å²) in [6.07, 6.45) is 9.54. The van der Waals surface area contributed by atoms with Crippen LogP contribution in [0.2, 0.25) is 0 Å². The van der Waals surface area contributed by atoms with Crippen LogP contribution < -0.4 is 9.80 Å². The van der Waals surface area contributed by atoms with Crippen molar-refractivity contribution in [2.45, 2.75) is 26.4 Å². The molecule has 236 valence electrons. The minimum absolute atomic E-state index is 0.268. The standard InChI is InChI=1S/C35H38N8O3/c1-35(2,3)46-34(44)42-16-14-40(15-17-42)31-13-9-26(22-36-31)30-23-37-32(41-18-20-45-21-19-41)33-39-28(24-43(30)33)12-11-27-10-8-25-6-4-5-7-29(25)38-27/h4-13,22-24H,14-21H2,1-3H3/b12-11+. The first-order valence-corrected chi connectivity index (χ1v) is 15.7. The summed E-state index contributed by atoms with van der Waals surface area (Å²) >= 11 is 0. The Morgan fingerprint density at radius 3 is 2.37 bits per heavy atom. The molecule has 4 aromatic heterocycles. The van der Waals surface area contributed by atoms with Gasteiger partial charge in [-0.2, -0.15) is 0 Å². The van der Waals surface area contributed by atoms with Gasteiger partial charge in [0.25, 0.3) is 0 Å². The molecule has 0 radical (unpaired) electrons. The topological polar surface area (TPSA) is 101 Å². The van der Waals surface area contributed by atoms with Crippen molar-refractivity contribution >= 4 is 46.4 Å². The SMILES string of the molecule is CC(C)(C)OC(=O)N1CCN(c2ccc(-c3cnc(N4CCOCC4)c4nc(/C=C/c5ccc6ccccc6n5)cn34)cn2)CC1. The fourth-order valence-corrected chi connectivity index (χ4v) is 5.79. The summed E-state index contributed by atoms with van der Waals surface area (Å²) < 4.78 is 13.2. The first kappa shape index (κ1) is 29.7. The molecule has 7 rings (SSSR count). The fourth-order valence-electron chi connectivity index (χ4n) is 5.79. The monoisotopic (exact) mass is 618 g/mol. The second-order valence-electron chi connectivity index (χ2n) is 12.5. The maximum atomic E-state index is 12.5. The van der Waals surface area contributed by atoms with Crippen molar-refractivity contribution in [3.8, 4) is 11.3 Å². The zero-order valence-corrected chi connectivity index (χ0v) is 26.5. The molecule has 6 heterocycles. The number of para-hydroxylation sites is 1. The van der Waals surface area contributed by atoms with Gasteiger partial charge in [-0.15, -0.1) is 0 Å². The summed E-state index contributed by atoms with van der Waals surface area (Å²) in [5, 5.41) is 1.11. The highest BCUT2D eigenvalue weighted by molar-refractivity contribution is 5.81. The van der Waals surface area contributed by atoms with Crippen LogP contribution in [0.1, 0.15) is 32.2 Å². The summed E-state index contributed by atoms with van der Waals surface area (Å²) in [7, 11) is 0. The van der Waals surface area contributed by atoms with Gasteiger partial charge in [-0.3, -0.25) is 4.40 Å². The van der Waals surface area contributed by atoms with Gasteiger partial charge in [0.15, 0.2) is 11.5 Å². The van der Waals surface area contributed by atoms with Gasteiger partial charge in [0.2, 0.25) is 0 Å². The second kappa shape index (κ2) is 12.4. The lowest BCUT2D eigenvalue weighted by Gasteiger charge is -2.36. The number of imidazole rings is 1. The fraction of sp³-hybridized carbons (Fsp3) is 0.343. The number of aromatic nitrogens is 5. The molecule has 2 aliphatic heterocycles. The van der Waals surface area contributed by atoms with Crippen molar-refractivity contribution in [2.75, 3.05) is 62.3 Å². The molecule has 0 unspecified atom stereocenters. The maximum absolute atomic E-state index is 12.5.